The van der Waals surface area contributed by atoms with Crippen molar-refractivity contribution in [3.05, 3.63) is 21.9 Å². The van der Waals surface area contributed by atoms with E-state index >= 15 is 0 Å². The number of rotatable bonds is 3. The predicted octanol–water partition coefficient (Wildman–Crippen LogP) is 2.00. The summed E-state index contributed by atoms with van der Waals surface area (Å²) < 4.78 is 0. The van der Waals surface area contributed by atoms with Crippen molar-refractivity contribution in [2.75, 3.05) is 6.54 Å². The van der Waals surface area contributed by atoms with E-state index in [2.05, 4.69) is 0 Å². The third-order valence-corrected chi connectivity index (χ3v) is 4.07. The topological polar surface area (TPSA) is 57.6 Å². The van der Waals surface area contributed by atoms with E-state index in [1.54, 1.807) is 0 Å². The number of nitrogens with zero attached hydrogens (tertiary/aromatic N) is 1. The summed E-state index contributed by atoms with van der Waals surface area (Å²) in [6.45, 7) is 2.55. The molecule has 17 heavy (non-hydrogen) atoms. The van der Waals surface area contributed by atoms with E-state index in [4.69, 9.17) is 5.11 Å². The predicted molar refractivity (Wildman–Crippen MR) is 65.4 cm³/mol. The van der Waals surface area contributed by atoms with Gasteiger partial charge in [-0.2, -0.15) is 0 Å². The average molecular weight is 253 g/mol. The second-order valence-electron chi connectivity index (χ2n) is 4.12. The van der Waals surface area contributed by atoms with E-state index in [-0.39, 0.29) is 5.91 Å². The van der Waals surface area contributed by atoms with Gasteiger partial charge in [0, 0.05) is 6.54 Å². The summed E-state index contributed by atoms with van der Waals surface area (Å²) in [6.07, 6.45) is 2.14. The number of thiophene rings is 1. The maximum Gasteiger partial charge on any atom is 0.326 e. The lowest BCUT2D eigenvalue weighted by atomic mass is 10.2. The van der Waals surface area contributed by atoms with E-state index in [1.165, 1.54) is 16.2 Å². The molecule has 1 aliphatic heterocycles. The highest BCUT2D eigenvalue weighted by Crippen LogP contribution is 2.25. The summed E-state index contributed by atoms with van der Waals surface area (Å²) in [7, 11) is 0. The third kappa shape index (κ3) is 2.20. The van der Waals surface area contributed by atoms with Gasteiger partial charge in [0.2, 0.25) is 0 Å². The fourth-order valence-electron chi connectivity index (χ4n) is 2.20. The molecule has 0 bridgehead atoms. The molecule has 92 valence electrons. The summed E-state index contributed by atoms with van der Waals surface area (Å²) in [5, 5.41) is 11.0. The van der Waals surface area contributed by atoms with Crippen LogP contribution < -0.4 is 0 Å². The molecule has 2 heterocycles. The molecule has 4 nitrogen and oxygen atoms in total. The number of amides is 1. The second kappa shape index (κ2) is 4.87. The highest BCUT2D eigenvalue weighted by Gasteiger charge is 2.35. The van der Waals surface area contributed by atoms with Gasteiger partial charge >= 0.3 is 5.97 Å². The van der Waals surface area contributed by atoms with Crippen LogP contribution in [0.15, 0.2) is 11.4 Å². The minimum Gasteiger partial charge on any atom is -0.480 e. The van der Waals surface area contributed by atoms with Gasteiger partial charge < -0.3 is 10.0 Å². The molecular weight excluding hydrogens is 238 g/mol. The molecule has 0 unspecified atom stereocenters. The normalized spacial score (nSPS) is 19.6. The number of likely N-dealkylation sites (tertiary alicyclic amines) is 1. The Kier molecular flexibility index (Phi) is 3.47. The Morgan fingerprint density at radius 2 is 2.35 bits per heavy atom. The zero-order valence-corrected chi connectivity index (χ0v) is 10.5. The average Bonchev–Trinajstić information content (AvgIpc) is 2.96. The molecule has 0 spiro atoms. The molecular formula is C12H15NO3S. The molecule has 0 saturated carbocycles. The van der Waals surface area contributed by atoms with Crippen molar-refractivity contribution < 1.29 is 14.7 Å². The smallest absolute Gasteiger partial charge is 0.326 e. The van der Waals surface area contributed by atoms with Crippen LogP contribution in [0.2, 0.25) is 0 Å². The van der Waals surface area contributed by atoms with Crippen LogP contribution in [0, 0.1) is 0 Å². The number of carboxylic acids is 1. The quantitative estimate of drug-likeness (QED) is 0.896. The fourth-order valence-corrected chi connectivity index (χ4v) is 3.15. The fraction of sp³-hybridized carbons (Fsp3) is 0.500. The number of hydrogen-bond acceptors (Lipinski definition) is 3. The number of carboxylic acid groups (broad SMARTS) is 1. The molecule has 1 N–H and O–H groups in total. The van der Waals surface area contributed by atoms with Gasteiger partial charge in [-0.25, -0.2) is 4.79 Å². The van der Waals surface area contributed by atoms with Gasteiger partial charge in [-0.1, -0.05) is 6.92 Å². The first-order valence-corrected chi connectivity index (χ1v) is 6.63. The molecule has 2 rings (SSSR count). The molecule has 1 aromatic rings. The number of carbonyl (C=O) groups is 2. The standard InChI is InChI=1S/C12H15NO3S/c1-2-8-5-7-17-10(8)11(14)13-6-3-4-9(13)12(15)16/h5,7,9H,2-4,6H2,1H3,(H,15,16)/t9-/m0/s1. The largest absolute Gasteiger partial charge is 0.480 e. The SMILES string of the molecule is CCc1ccsc1C(=O)N1CCC[C@H]1C(=O)O. The molecule has 1 aromatic heterocycles. The summed E-state index contributed by atoms with van der Waals surface area (Å²) in [5.41, 5.74) is 1.01. The van der Waals surface area contributed by atoms with Gasteiger partial charge in [0.15, 0.2) is 0 Å². The van der Waals surface area contributed by atoms with Crippen molar-refractivity contribution in [3.63, 3.8) is 0 Å². The van der Waals surface area contributed by atoms with Crippen molar-refractivity contribution in [1.82, 2.24) is 4.90 Å². The Balaban J connectivity index is 2.23. The summed E-state index contributed by atoms with van der Waals surface area (Å²) >= 11 is 1.40. The number of aliphatic carboxylic acids is 1. The van der Waals surface area contributed by atoms with Gasteiger partial charge in [-0.05, 0) is 36.3 Å². The second-order valence-corrected chi connectivity index (χ2v) is 5.04. The number of aryl methyl sites for hydroxylation is 1. The van der Waals surface area contributed by atoms with E-state index in [0.717, 1.165) is 18.4 Å². The van der Waals surface area contributed by atoms with Crippen LogP contribution >= 0.6 is 11.3 Å². The zero-order chi connectivity index (χ0) is 12.4. The minimum absolute atomic E-state index is 0.123. The molecule has 1 fully saturated rings. The van der Waals surface area contributed by atoms with Crippen molar-refractivity contribution in [1.29, 1.82) is 0 Å². The highest BCUT2D eigenvalue weighted by molar-refractivity contribution is 7.12. The van der Waals surface area contributed by atoms with Crippen LogP contribution in [0.5, 0.6) is 0 Å². The van der Waals surface area contributed by atoms with Crippen LogP contribution in [-0.2, 0) is 11.2 Å². The monoisotopic (exact) mass is 253 g/mol. The van der Waals surface area contributed by atoms with E-state index in [0.29, 0.717) is 17.8 Å². The summed E-state index contributed by atoms with van der Waals surface area (Å²) in [5.74, 6) is -1.02. The Morgan fingerprint density at radius 3 is 3.00 bits per heavy atom. The molecule has 1 atom stereocenters. The number of hydrogen-bond donors (Lipinski definition) is 1. The molecule has 0 aliphatic carbocycles. The van der Waals surface area contributed by atoms with Gasteiger partial charge in [-0.15, -0.1) is 11.3 Å². The minimum atomic E-state index is -0.898. The van der Waals surface area contributed by atoms with Gasteiger partial charge in [0.1, 0.15) is 6.04 Å². The van der Waals surface area contributed by atoms with Gasteiger partial charge in [-0.3, -0.25) is 4.79 Å². The molecule has 0 aromatic carbocycles. The van der Waals surface area contributed by atoms with Crippen molar-refractivity contribution in [2.45, 2.75) is 32.2 Å². The zero-order valence-electron chi connectivity index (χ0n) is 9.68. The van der Waals surface area contributed by atoms with Gasteiger partial charge in [0.25, 0.3) is 5.91 Å². The van der Waals surface area contributed by atoms with E-state index < -0.39 is 12.0 Å². The molecule has 1 aliphatic rings. The summed E-state index contributed by atoms with van der Waals surface area (Å²) in [4.78, 5) is 25.5. The molecule has 0 radical (unpaired) electrons. The van der Waals surface area contributed by atoms with Crippen molar-refractivity contribution in [2.24, 2.45) is 0 Å². The first kappa shape index (κ1) is 12.1. The summed E-state index contributed by atoms with van der Waals surface area (Å²) in [6, 6.07) is 1.29. The van der Waals surface area contributed by atoms with Crippen LogP contribution in [0.25, 0.3) is 0 Å². The van der Waals surface area contributed by atoms with Crippen molar-refractivity contribution >= 4 is 23.2 Å². The first-order chi connectivity index (χ1) is 8.15. The molecule has 1 amide bonds. The Hall–Kier alpha value is -1.36. The Labute approximate surface area is 104 Å². The van der Waals surface area contributed by atoms with Crippen molar-refractivity contribution in [3.8, 4) is 0 Å². The molecule has 5 heteroatoms. The van der Waals surface area contributed by atoms with E-state index in [1.807, 2.05) is 18.4 Å². The third-order valence-electron chi connectivity index (χ3n) is 3.12. The van der Waals surface area contributed by atoms with Crippen LogP contribution in [-0.4, -0.2) is 34.5 Å². The Bertz CT molecular complexity index is 441. The maximum atomic E-state index is 12.3. The number of carbonyl (C=O) groups excluding carboxylic acids is 1. The maximum absolute atomic E-state index is 12.3. The van der Waals surface area contributed by atoms with Crippen LogP contribution in [0.3, 0.4) is 0 Å². The van der Waals surface area contributed by atoms with Gasteiger partial charge in [0.05, 0.1) is 4.88 Å². The first-order valence-electron chi connectivity index (χ1n) is 5.75. The molecule has 1 saturated heterocycles. The lowest BCUT2D eigenvalue weighted by molar-refractivity contribution is -0.141. The van der Waals surface area contributed by atoms with Crippen LogP contribution in [0.4, 0.5) is 0 Å². The van der Waals surface area contributed by atoms with Crippen LogP contribution in [0.1, 0.15) is 35.0 Å². The highest BCUT2D eigenvalue weighted by atomic mass is 32.1. The lowest BCUT2D eigenvalue weighted by Gasteiger charge is -2.21. The van der Waals surface area contributed by atoms with E-state index in [9.17, 15) is 9.59 Å². The lowest BCUT2D eigenvalue weighted by Crippen LogP contribution is -2.40. The Morgan fingerprint density at radius 1 is 1.59 bits per heavy atom.